The molecule has 0 saturated carbocycles. The van der Waals surface area contributed by atoms with E-state index in [0.29, 0.717) is 17.9 Å². The number of nitrogens with zero attached hydrogens (tertiary/aromatic N) is 7. The summed E-state index contributed by atoms with van der Waals surface area (Å²) in [6.45, 7) is 2.14. The molecule has 1 aliphatic heterocycles. The number of benzene rings is 1. The molecule has 0 radical (unpaired) electrons. The maximum atomic E-state index is 6.16. The number of nitrogen functional groups attached to an aromatic ring is 1. The van der Waals surface area contributed by atoms with Gasteiger partial charge in [0.2, 0.25) is 11.9 Å². The summed E-state index contributed by atoms with van der Waals surface area (Å²) < 4.78 is 1.52. The lowest BCUT2D eigenvalue weighted by Gasteiger charge is -2.22. The topological polar surface area (TPSA) is 101 Å². The van der Waals surface area contributed by atoms with Crippen molar-refractivity contribution in [2.75, 3.05) is 43.1 Å². The number of nitrogens with one attached hydrogen (secondary N) is 1. The van der Waals surface area contributed by atoms with Gasteiger partial charge in [0.15, 0.2) is 0 Å². The quantitative estimate of drug-likeness (QED) is 0.615. The van der Waals surface area contributed by atoms with E-state index in [2.05, 4.69) is 68.5 Å². The van der Waals surface area contributed by atoms with Crippen molar-refractivity contribution in [3.63, 3.8) is 0 Å². The van der Waals surface area contributed by atoms with Gasteiger partial charge >= 0.3 is 0 Å². The lowest BCUT2D eigenvalue weighted by molar-refractivity contribution is 0.315. The Kier molecular flexibility index (Phi) is 6.13. The van der Waals surface area contributed by atoms with E-state index in [-0.39, 0.29) is 5.95 Å². The maximum absolute atomic E-state index is 6.16. The van der Waals surface area contributed by atoms with E-state index >= 15 is 0 Å². The first-order chi connectivity index (χ1) is 16.1. The second-order valence-electron chi connectivity index (χ2n) is 9.29. The molecule has 3 aromatic rings. The largest absolute Gasteiger partial charge is 0.370 e. The fourth-order valence-corrected chi connectivity index (χ4v) is 4.73. The molecule has 1 aromatic carbocycles. The van der Waals surface area contributed by atoms with Gasteiger partial charge in [-0.1, -0.05) is 12.8 Å². The van der Waals surface area contributed by atoms with E-state index in [9.17, 15) is 0 Å². The fraction of sp³-hybridized carbons (Fsp3) is 0.500. The maximum Gasteiger partial charge on any atom is 0.254 e. The van der Waals surface area contributed by atoms with Crippen molar-refractivity contribution in [2.24, 2.45) is 0 Å². The molecule has 2 aliphatic rings. The number of aromatic nitrogens is 5. The average molecular weight is 448 g/mol. The predicted octanol–water partition coefficient (Wildman–Crippen LogP) is 3.18. The van der Waals surface area contributed by atoms with Crippen LogP contribution >= 0.6 is 0 Å². The van der Waals surface area contributed by atoms with Gasteiger partial charge < -0.3 is 20.9 Å². The van der Waals surface area contributed by atoms with E-state index in [0.717, 1.165) is 43.7 Å². The Labute approximate surface area is 195 Å². The van der Waals surface area contributed by atoms with Gasteiger partial charge in [-0.15, -0.1) is 5.10 Å². The number of hydrogen-bond acceptors (Lipinski definition) is 8. The van der Waals surface area contributed by atoms with Crippen molar-refractivity contribution < 1.29 is 0 Å². The summed E-state index contributed by atoms with van der Waals surface area (Å²) in [5, 5.41) is 7.78. The third-order valence-corrected chi connectivity index (χ3v) is 6.76. The molecule has 9 nitrogen and oxygen atoms in total. The zero-order valence-corrected chi connectivity index (χ0v) is 19.5. The molecule has 3 heterocycles. The van der Waals surface area contributed by atoms with Crippen LogP contribution in [0.3, 0.4) is 0 Å². The second kappa shape index (κ2) is 9.35. The van der Waals surface area contributed by atoms with Gasteiger partial charge in [-0.2, -0.15) is 9.67 Å². The minimum absolute atomic E-state index is 0.270. The Morgan fingerprint density at radius 2 is 1.82 bits per heavy atom. The van der Waals surface area contributed by atoms with Crippen molar-refractivity contribution in [3.8, 4) is 5.95 Å². The van der Waals surface area contributed by atoms with Gasteiger partial charge in [-0.3, -0.25) is 0 Å². The zero-order valence-electron chi connectivity index (χ0n) is 19.5. The molecule has 5 rings (SSSR count). The van der Waals surface area contributed by atoms with E-state index in [1.807, 2.05) is 6.20 Å². The summed E-state index contributed by atoms with van der Waals surface area (Å²) in [5.74, 6) is 1.18. The highest BCUT2D eigenvalue weighted by atomic mass is 15.5. The minimum atomic E-state index is 0.270. The van der Waals surface area contributed by atoms with Gasteiger partial charge in [0.05, 0.1) is 0 Å². The highest BCUT2D eigenvalue weighted by Gasteiger charge is 2.24. The van der Waals surface area contributed by atoms with Crippen molar-refractivity contribution in [1.29, 1.82) is 0 Å². The van der Waals surface area contributed by atoms with Crippen molar-refractivity contribution >= 4 is 23.3 Å². The van der Waals surface area contributed by atoms with Gasteiger partial charge in [0.1, 0.15) is 0 Å². The smallest absolute Gasteiger partial charge is 0.254 e. The molecule has 0 spiro atoms. The van der Waals surface area contributed by atoms with Crippen LogP contribution in [-0.4, -0.2) is 62.9 Å². The highest BCUT2D eigenvalue weighted by molar-refractivity contribution is 5.60. The van der Waals surface area contributed by atoms with Crippen LogP contribution in [0.2, 0.25) is 0 Å². The Hall–Kier alpha value is -3.20. The van der Waals surface area contributed by atoms with Gasteiger partial charge in [-0.25, -0.2) is 9.97 Å². The lowest BCUT2D eigenvalue weighted by atomic mass is 9.98. The van der Waals surface area contributed by atoms with Crippen LogP contribution in [0.5, 0.6) is 0 Å². The molecule has 3 N–H and O–H groups in total. The molecule has 1 saturated heterocycles. The number of hydrogen-bond donors (Lipinski definition) is 2. The molecule has 9 heteroatoms. The van der Waals surface area contributed by atoms with Gasteiger partial charge in [0.25, 0.3) is 5.95 Å². The summed E-state index contributed by atoms with van der Waals surface area (Å²) in [5.41, 5.74) is 10.7. The third-order valence-electron chi connectivity index (χ3n) is 6.76. The van der Waals surface area contributed by atoms with E-state index in [4.69, 9.17) is 10.7 Å². The first-order valence-corrected chi connectivity index (χ1v) is 11.9. The van der Waals surface area contributed by atoms with E-state index < -0.39 is 0 Å². The Morgan fingerprint density at radius 3 is 2.58 bits per heavy atom. The third kappa shape index (κ3) is 4.78. The standard InChI is InChI=1S/C24H33N9/c1-31(2)20-13-14-32(16-20)19-11-9-18(10-12-19)27-23-29-22(25)33(30-23)24-26-15-17-7-5-3-4-6-8-21(17)28-24/h9-12,15,20H,3-8,13-14,16H2,1-2H3,(H3,25,27,29,30). The second-order valence-corrected chi connectivity index (χ2v) is 9.29. The minimum Gasteiger partial charge on any atom is -0.370 e. The molecule has 2 aromatic heterocycles. The SMILES string of the molecule is CN(C)C1CCN(c2ccc(Nc3nc(N)n(-c4ncc5c(n4)CCCCCC5)n3)cc2)C1. The normalized spacial score (nSPS) is 18.8. The molecule has 1 fully saturated rings. The van der Waals surface area contributed by atoms with Gasteiger partial charge in [0, 0.05) is 42.4 Å². The number of aryl methyl sites for hydroxylation is 2. The number of likely N-dealkylation sites (N-methyl/N-ethyl adjacent to an activating group) is 1. The van der Waals surface area contributed by atoms with Crippen molar-refractivity contribution in [2.45, 2.75) is 51.0 Å². The van der Waals surface area contributed by atoms with Crippen LogP contribution in [-0.2, 0) is 12.8 Å². The van der Waals surface area contributed by atoms with Crippen molar-refractivity contribution in [1.82, 2.24) is 29.6 Å². The molecule has 0 bridgehead atoms. The van der Waals surface area contributed by atoms with E-state index in [1.54, 1.807) is 0 Å². The summed E-state index contributed by atoms with van der Waals surface area (Å²) in [6, 6.07) is 8.99. The molecule has 1 atom stereocenters. The van der Waals surface area contributed by atoms with Crippen LogP contribution in [0, 0.1) is 0 Å². The molecule has 1 unspecified atom stereocenters. The zero-order chi connectivity index (χ0) is 22.8. The molecule has 33 heavy (non-hydrogen) atoms. The Balaban J connectivity index is 1.29. The first-order valence-electron chi connectivity index (χ1n) is 11.9. The summed E-state index contributed by atoms with van der Waals surface area (Å²) in [7, 11) is 4.30. The summed E-state index contributed by atoms with van der Waals surface area (Å²) in [6.07, 6.45) is 10.0. The number of rotatable bonds is 5. The summed E-state index contributed by atoms with van der Waals surface area (Å²) >= 11 is 0. The van der Waals surface area contributed by atoms with Crippen molar-refractivity contribution in [3.05, 3.63) is 41.7 Å². The van der Waals surface area contributed by atoms with E-state index in [1.165, 1.54) is 41.6 Å². The highest BCUT2D eigenvalue weighted by Crippen LogP contribution is 2.25. The van der Waals surface area contributed by atoms with Gasteiger partial charge in [-0.05, 0) is 76.0 Å². The molecular formula is C24H33N9. The number of nitrogens with two attached hydrogens (primary N) is 1. The Morgan fingerprint density at radius 1 is 1.03 bits per heavy atom. The molecule has 174 valence electrons. The Bertz CT molecular complexity index is 1090. The number of fused-ring (bicyclic) bond motifs is 1. The molecular weight excluding hydrogens is 414 g/mol. The monoisotopic (exact) mass is 447 g/mol. The fourth-order valence-electron chi connectivity index (χ4n) is 4.73. The number of anilines is 4. The summed E-state index contributed by atoms with van der Waals surface area (Å²) in [4.78, 5) is 18.4. The molecule has 1 aliphatic carbocycles. The van der Waals surface area contributed by atoms with Crippen LogP contribution in [0.4, 0.5) is 23.3 Å². The first kappa shape index (κ1) is 21.6. The van der Waals surface area contributed by atoms with Crippen LogP contribution in [0.15, 0.2) is 30.5 Å². The predicted molar refractivity (Wildman–Crippen MR) is 131 cm³/mol. The average Bonchev–Trinajstić information content (AvgIpc) is 3.42. The van der Waals surface area contributed by atoms with Crippen LogP contribution in [0.25, 0.3) is 5.95 Å². The lowest BCUT2D eigenvalue weighted by Crippen LogP contribution is -2.31. The van der Waals surface area contributed by atoms with Crippen LogP contribution in [0.1, 0.15) is 43.4 Å². The van der Waals surface area contributed by atoms with Crippen LogP contribution < -0.4 is 16.0 Å². The molecule has 0 amide bonds.